The van der Waals surface area contributed by atoms with E-state index in [1.807, 2.05) is 32.9 Å². The molecule has 142 valence electrons. The molecular formula is C21H24N2O4. The lowest BCUT2D eigenvalue weighted by Crippen LogP contribution is -2.47. The van der Waals surface area contributed by atoms with Crippen LogP contribution in [0.25, 0.3) is 0 Å². The fourth-order valence-electron chi connectivity index (χ4n) is 2.49. The van der Waals surface area contributed by atoms with Crippen LogP contribution in [0, 0.1) is 12.8 Å². The molecule has 0 saturated heterocycles. The lowest BCUT2D eigenvalue weighted by Gasteiger charge is -2.22. The zero-order chi connectivity index (χ0) is 20.0. The minimum absolute atomic E-state index is 0.103. The van der Waals surface area contributed by atoms with Gasteiger partial charge in [0.1, 0.15) is 6.04 Å². The number of benzene rings is 2. The number of hydrogen-bond donors (Lipinski definition) is 2. The average molecular weight is 368 g/mol. The number of ether oxygens (including phenoxy) is 1. The quantitative estimate of drug-likeness (QED) is 0.767. The molecule has 0 heterocycles. The summed E-state index contributed by atoms with van der Waals surface area (Å²) in [7, 11) is 1.31. The van der Waals surface area contributed by atoms with E-state index in [2.05, 4.69) is 15.4 Å². The third-order valence-corrected chi connectivity index (χ3v) is 4.12. The topological polar surface area (TPSA) is 84.5 Å². The molecule has 6 heteroatoms. The number of carbonyl (C=O) groups is 3. The highest BCUT2D eigenvalue weighted by molar-refractivity contribution is 6.01. The SMILES string of the molecule is COC(=O)c1ccc(NC(=O)C(NC(=O)c2ccc(C)cc2)C(C)C)cc1. The Bertz CT molecular complexity index is 811. The van der Waals surface area contributed by atoms with Gasteiger partial charge in [-0.05, 0) is 49.2 Å². The van der Waals surface area contributed by atoms with Crippen molar-refractivity contribution in [3.05, 3.63) is 65.2 Å². The van der Waals surface area contributed by atoms with Crippen molar-refractivity contribution < 1.29 is 19.1 Å². The maximum absolute atomic E-state index is 12.6. The van der Waals surface area contributed by atoms with Gasteiger partial charge in [-0.1, -0.05) is 31.5 Å². The minimum atomic E-state index is -0.695. The van der Waals surface area contributed by atoms with E-state index in [1.54, 1.807) is 36.4 Å². The van der Waals surface area contributed by atoms with Crippen molar-refractivity contribution in [3.63, 3.8) is 0 Å². The van der Waals surface area contributed by atoms with Gasteiger partial charge in [-0.2, -0.15) is 0 Å². The number of rotatable bonds is 6. The highest BCUT2D eigenvalue weighted by Gasteiger charge is 2.24. The number of hydrogen-bond acceptors (Lipinski definition) is 4. The van der Waals surface area contributed by atoms with E-state index in [9.17, 15) is 14.4 Å². The second-order valence-electron chi connectivity index (χ2n) is 6.62. The predicted octanol–water partition coefficient (Wildman–Crippen LogP) is 3.17. The number of methoxy groups -OCH3 is 1. The van der Waals surface area contributed by atoms with Crippen LogP contribution in [0.5, 0.6) is 0 Å². The molecule has 2 rings (SSSR count). The summed E-state index contributed by atoms with van der Waals surface area (Å²) in [6.07, 6.45) is 0. The number of amides is 2. The van der Waals surface area contributed by atoms with E-state index in [1.165, 1.54) is 7.11 Å². The molecule has 2 aromatic rings. The van der Waals surface area contributed by atoms with Crippen LogP contribution in [0.3, 0.4) is 0 Å². The van der Waals surface area contributed by atoms with Crippen molar-refractivity contribution in [2.75, 3.05) is 12.4 Å². The van der Waals surface area contributed by atoms with Crippen LogP contribution in [0.4, 0.5) is 5.69 Å². The maximum atomic E-state index is 12.6. The molecule has 0 bridgehead atoms. The summed E-state index contributed by atoms with van der Waals surface area (Å²) in [5.74, 6) is -1.17. The average Bonchev–Trinajstić information content (AvgIpc) is 2.66. The molecule has 0 fully saturated rings. The summed E-state index contributed by atoms with van der Waals surface area (Å²) in [4.78, 5) is 36.5. The lowest BCUT2D eigenvalue weighted by atomic mass is 10.0. The van der Waals surface area contributed by atoms with E-state index in [0.29, 0.717) is 16.8 Å². The third kappa shape index (κ3) is 5.41. The van der Waals surface area contributed by atoms with Crippen LogP contribution in [0.15, 0.2) is 48.5 Å². The number of aryl methyl sites for hydroxylation is 1. The Morgan fingerprint density at radius 1 is 0.889 bits per heavy atom. The second kappa shape index (κ2) is 8.98. The van der Waals surface area contributed by atoms with Crippen LogP contribution >= 0.6 is 0 Å². The molecule has 6 nitrogen and oxygen atoms in total. The van der Waals surface area contributed by atoms with Crippen LogP contribution in [-0.2, 0) is 9.53 Å². The van der Waals surface area contributed by atoms with Crippen molar-refractivity contribution >= 4 is 23.5 Å². The highest BCUT2D eigenvalue weighted by atomic mass is 16.5. The van der Waals surface area contributed by atoms with Crippen molar-refractivity contribution in [1.29, 1.82) is 0 Å². The van der Waals surface area contributed by atoms with E-state index in [0.717, 1.165) is 5.56 Å². The van der Waals surface area contributed by atoms with E-state index in [4.69, 9.17) is 0 Å². The van der Waals surface area contributed by atoms with Crippen LogP contribution in [0.2, 0.25) is 0 Å². The first kappa shape index (κ1) is 20.2. The minimum Gasteiger partial charge on any atom is -0.465 e. The molecule has 2 amide bonds. The fraction of sp³-hybridized carbons (Fsp3) is 0.286. The number of anilines is 1. The molecule has 1 unspecified atom stereocenters. The first-order chi connectivity index (χ1) is 12.8. The summed E-state index contributed by atoms with van der Waals surface area (Å²) >= 11 is 0. The molecule has 0 spiro atoms. The molecule has 2 aromatic carbocycles. The van der Waals surface area contributed by atoms with Gasteiger partial charge < -0.3 is 15.4 Å². The van der Waals surface area contributed by atoms with Crippen molar-refractivity contribution in [1.82, 2.24) is 5.32 Å². The van der Waals surface area contributed by atoms with Gasteiger partial charge in [-0.25, -0.2) is 4.79 Å². The standard InChI is InChI=1S/C21H24N2O4/c1-13(2)18(23-19(24)15-7-5-14(3)6-8-15)20(25)22-17-11-9-16(10-12-17)21(26)27-4/h5-13,18H,1-4H3,(H,22,25)(H,23,24). The van der Waals surface area contributed by atoms with Gasteiger partial charge in [0.15, 0.2) is 0 Å². The zero-order valence-corrected chi connectivity index (χ0v) is 15.9. The molecule has 27 heavy (non-hydrogen) atoms. The Hall–Kier alpha value is -3.15. The second-order valence-corrected chi connectivity index (χ2v) is 6.62. The molecule has 0 aromatic heterocycles. The largest absolute Gasteiger partial charge is 0.465 e. The molecular weight excluding hydrogens is 344 g/mol. The molecule has 2 N–H and O–H groups in total. The van der Waals surface area contributed by atoms with Gasteiger partial charge in [-0.3, -0.25) is 9.59 Å². The smallest absolute Gasteiger partial charge is 0.337 e. The molecule has 0 aliphatic heterocycles. The van der Waals surface area contributed by atoms with Crippen molar-refractivity contribution in [3.8, 4) is 0 Å². The fourth-order valence-corrected chi connectivity index (χ4v) is 2.49. The number of carbonyl (C=O) groups excluding carboxylic acids is 3. The molecule has 0 radical (unpaired) electrons. The van der Waals surface area contributed by atoms with Crippen LogP contribution in [-0.4, -0.2) is 30.9 Å². The molecule has 0 aliphatic carbocycles. The third-order valence-electron chi connectivity index (χ3n) is 4.12. The molecule has 0 aliphatic rings. The summed E-state index contributed by atoms with van der Waals surface area (Å²) in [5, 5.41) is 5.55. The highest BCUT2D eigenvalue weighted by Crippen LogP contribution is 2.13. The normalized spacial score (nSPS) is 11.6. The van der Waals surface area contributed by atoms with Crippen molar-refractivity contribution in [2.24, 2.45) is 5.92 Å². The summed E-state index contributed by atoms with van der Waals surface area (Å²) < 4.78 is 4.65. The predicted molar refractivity (Wildman–Crippen MR) is 104 cm³/mol. The maximum Gasteiger partial charge on any atom is 0.337 e. The van der Waals surface area contributed by atoms with E-state index >= 15 is 0 Å². The Morgan fingerprint density at radius 3 is 1.96 bits per heavy atom. The summed E-state index contributed by atoms with van der Waals surface area (Å²) in [5.41, 5.74) is 2.48. The van der Waals surface area contributed by atoms with Crippen LogP contribution in [0.1, 0.15) is 40.1 Å². The Labute approximate surface area is 158 Å². The Balaban J connectivity index is 2.07. The first-order valence-electron chi connectivity index (χ1n) is 8.68. The van der Waals surface area contributed by atoms with Gasteiger partial charge >= 0.3 is 5.97 Å². The van der Waals surface area contributed by atoms with Gasteiger partial charge in [0, 0.05) is 11.3 Å². The first-order valence-corrected chi connectivity index (χ1v) is 8.68. The van der Waals surface area contributed by atoms with Gasteiger partial charge in [0.2, 0.25) is 5.91 Å². The Kier molecular flexibility index (Phi) is 6.71. The van der Waals surface area contributed by atoms with Gasteiger partial charge in [-0.15, -0.1) is 0 Å². The van der Waals surface area contributed by atoms with Crippen molar-refractivity contribution in [2.45, 2.75) is 26.8 Å². The van der Waals surface area contributed by atoms with Crippen LogP contribution < -0.4 is 10.6 Å². The van der Waals surface area contributed by atoms with Gasteiger partial charge in [0.05, 0.1) is 12.7 Å². The summed E-state index contributed by atoms with van der Waals surface area (Å²) in [6.45, 7) is 5.66. The lowest BCUT2D eigenvalue weighted by molar-refractivity contribution is -0.118. The molecule has 1 atom stereocenters. The summed E-state index contributed by atoms with van der Waals surface area (Å²) in [6, 6.07) is 12.8. The Morgan fingerprint density at radius 2 is 1.44 bits per heavy atom. The molecule has 0 saturated carbocycles. The number of nitrogens with one attached hydrogen (secondary N) is 2. The van der Waals surface area contributed by atoms with E-state index < -0.39 is 12.0 Å². The van der Waals surface area contributed by atoms with Gasteiger partial charge in [0.25, 0.3) is 5.91 Å². The zero-order valence-electron chi connectivity index (χ0n) is 15.9. The number of esters is 1. The monoisotopic (exact) mass is 368 g/mol. The van der Waals surface area contributed by atoms with E-state index in [-0.39, 0.29) is 17.7 Å².